The van der Waals surface area contributed by atoms with E-state index in [1.165, 1.54) is 51.4 Å². The molecule has 2 aromatic carbocycles. The normalized spacial score (nSPS) is 12.1. The van der Waals surface area contributed by atoms with Gasteiger partial charge in [0, 0.05) is 12.0 Å². The predicted octanol–water partition coefficient (Wildman–Crippen LogP) is 7.39. The molecule has 0 aliphatic heterocycles. The van der Waals surface area contributed by atoms with E-state index in [-0.39, 0.29) is 0 Å². The molecule has 1 aromatic heterocycles. The van der Waals surface area contributed by atoms with Crippen molar-refractivity contribution in [3.05, 3.63) is 65.5 Å². The first kappa shape index (κ1) is 25.0. The van der Waals surface area contributed by atoms with Crippen molar-refractivity contribution >= 4 is 0 Å². The lowest BCUT2D eigenvalue weighted by atomic mass is 9.97. The fraction of sp³-hybridized carbons (Fsp3) is 0.500. The molecule has 1 N–H and O–H groups in total. The number of benzene rings is 2. The second-order valence-electron chi connectivity index (χ2n) is 8.79. The molecule has 0 saturated heterocycles. The van der Waals surface area contributed by atoms with E-state index in [9.17, 15) is 0 Å². The topological polar surface area (TPSA) is 72.0 Å². The zero-order valence-electron chi connectivity index (χ0n) is 20.2. The van der Waals surface area contributed by atoms with Gasteiger partial charge in [-0.05, 0) is 42.2 Å². The van der Waals surface area contributed by atoms with Gasteiger partial charge in [0.05, 0.1) is 13.2 Å². The molecule has 1 unspecified atom stereocenters. The lowest BCUT2D eigenvalue weighted by molar-refractivity contribution is 0.408. The molecule has 1 atom stereocenters. The number of aryl methyl sites for hydroxylation is 1. The number of aromatic nitrogens is 2. The summed E-state index contributed by atoms with van der Waals surface area (Å²) in [6.07, 6.45) is 13.2. The average Bonchev–Trinajstić information content (AvgIpc) is 3.32. The molecule has 0 aliphatic rings. The van der Waals surface area contributed by atoms with Crippen molar-refractivity contribution in [1.29, 1.82) is 0 Å². The van der Waals surface area contributed by atoms with Crippen LogP contribution in [0.3, 0.4) is 0 Å². The van der Waals surface area contributed by atoms with Gasteiger partial charge in [-0.3, -0.25) is 0 Å². The largest absolute Gasteiger partial charge is 0.496 e. The maximum Gasteiger partial charge on any atom is 0.257 e. The Balaban J connectivity index is 1.48. The summed E-state index contributed by atoms with van der Waals surface area (Å²) in [4.78, 5) is 4.60. The summed E-state index contributed by atoms with van der Waals surface area (Å²) in [6.45, 7) is 2.26. The van der Waals surface area contributed by atoms with Gasteiger partial charge in [0.2, 0.25) is 0 Å². The van der Waals surface area contributed by atoms with Gasteiger partial charge in [-0.1, -0.05) is 93.8 Å². The molecule has 1 radical (unpaired) electrons. The summed E-state index contributed by atoms with van der Waals surface area (Å²) >= 11 is 0. The summed E-state index contributed by atoms with van der Waals surface area (Å²) in [5, 5.41) is 4.18. The van der Waals surface area contributed by atoms with Crippen molar-refractivity contribution in [3.8, 4) is 17.2 Å². The molecule has 5 nitrogen and oxygen atoms in total. The first-order valence-electron chi connectivity index (χ1n) is 12.5. The third-order valence-corrected chi connectivity index (χ3v) is 6.12. The molecule has 0 fully saturated rings. The molecule has 33 heavy (non-hydrogen) atoms. The second-order valence-corrected chi connectivity index (χ2v) is 8.79. The monoisotopic (exact) mass is 448 g/mol. The Labute approximate surface area is 198 Å². The first-order valence-corrected chi connectivity index (χ1v) is 12.5. The van der Waals surface area contributed by atoms with Crippen LogP contribution in [0.5, 0.6) is 5.75 Å². The molecule has 3 aromatic rings. The fourth-order valence-electron chi connectivity index (χ4n) is 4.16. The molecular formula is C28H38N3O2. The minimum absolute atomic E-state index is 0.398. The van der Waals surface area contributed by atoms with E-state index in [0.29, 0.717) is 12.3 Å². The number of ether oxygens (including phenoxy) is 1. The molecule has 0 aliphatic carbocycles. The first-order chi connectivity index (χ1) is 16.2. The van der Waals surface area contributed by atoms with Gasteiger partial charge in [0.15, 0.2) is 5.82 Å². The molecule has 1 heterocycles. The van der Waals surface area contributed by atoms with E-state index >= 15 is 0 Å². The summed E-state index contributed by atoms with van der Waals surface area (Å²) < 4.78 is 11.0. The van der Waals surface area contributed by atoms with Crippen molar-refractivity contribution in [2.24, 2.45) is 0 Å². The van der Waals surface area contributed by atoms with Crippen molar-refractivity contribution < 1.29 is 9.26 Å². The van der Waals surface area contributed by atoms with Crippen LogP contribution in [0.4, 0.5) is 0 Å². The van der Waals surface area contributed by atoms with Crippen molar-refractivity contribution in [1.82, 2.24) is 15.9 Å². The fourth-order valence-corrected chi connectivity index (χ4v) is 4.16. The van der Waals surface area contributed by atoms with Crippen LogP contribution >= 0.6 is 0 Å². The number of unbranched alkanes of at least 4 members (excludes halogenated alkanes) is 8. The Hall–Kier alpha value is -2.66. The van der Waals surface area contributed by atoms with Crippen molar-refractivity contribution in [2.45, 2.75) is 83.6 Å². The summed E-state index contributed by atoms with van der Waals surface area (Å²) in [7, 11) is 1.67. The third-order valence-electron chi connectivity index (χ3n) is 6.12. The molecule has 177 valence electrons. The van der Waals surface area contributed by atoms with Crippen LogP contribution in [0.2, 0.25) is 0 Å². The van der Waals surface area contributed by atoms with Crippen molar-refractivity contribution in [2.75, 3.05) is 7.11 Å². The van der Waals surface area contributed by atoms with Crippen LogP contribution in [-0.2, 0) is 12.8 Å². The van der Waals surface area contributed by atoms with E-state index in [0.717, 1.165) is 41.1 Å². The molecule has 0 bridgehead atoms. The standard InChI is InChI=1S/C28H38N3O2/c1-3-4-5-6-7-8-9-10-11-19-27-30-28(33-31-27)24-17-14-16-22(20-24)25(29)21-23-15-12-13-18-26(23)32-2/h12-18,20,25,29H,3-11,19,21H2,1-2H3. The van der Waals surface area contributed by atoms with Gasteiger partial charge < -0.3 is 9.26 Å². The van der Waals surface area contributed by atoms with E-state index < -0.39 is 6.04 Å². The Kier molecular flexibility index (Phi) is 10.4. The third kappa shape index (κ3) is 8.01. The predicted molar refractivity (Wildman–Crippen MR) is 133 cm³/mol. The van der Waals surface area contributed by atoms with Crippen molar-refractivity contribution in [3.63, 3.8) is 0 Å². The van der Waals surface area contributed by atoms with Gasteiger partial charge >= 0.3 is 0 Å². The zero-order valence-corrected chi connectivity index (χ0v) is 20.2. The molecule has 0 saturated carbocycles. The van der Waals surface area contributed by atoms with Crippen LogP contribution in [0, 0.1) is 0 Å². The van der Waals surface area contributed by atoms with E-state index in [4.69, 9.17) is 15.0 Å². The Morgan fingerprint density at radius 2 is 1.64 bits per heavy atom. The number of hydrogen-bond donors (Lipinski definition) is 0. The maximum atomic E-state index is 8.66. The van der Waals surface area contributed by atoms with Gasteiger partial charge in [-0.25, -0.2) is 5.73 Å². The van der Waals surface area contributed by atoms with E-state index in [1.54, 1.807) is 7.11 Å². The lowest BCUT2D eigenvalue weighted by Crippen LogP contribution is -2.05. The highest BCUT2D eigenvalue weighted by Gasteiger charge is 2.14. The Bertz CT molecular complexity index is 954. The number of hydrogen-bond acceptors (Lipinski definition) is 4. The number of rotatable bonds is 15. The van der Waals surface area contributed by atoms with Gasteiger partial charge in [-0.15, -0.1) is 0 Å². The maximum absolute atomic E-state index is 8.66. The highest BCUT2D eigenvalue weighted by molar-refractivity contribution is 5.54. The SMILES string of the molecule is CCCCCCCCCCCc1noc(-c2cccc(C([NH])Cc3ccccc3OC)c2)n1. The summed E-state index contributed by atoms with van der Waals surface area (Å²) in [5.41, 5.74) is 11.5. The van der Waals surface area contributed by atoms with E-state index in [2.05, 4.69) is 17.1 Å². The number of methoxy groups -OCH3 is 1. The molecule has 3 rings (SSSR count). The second kappa shape index (κ2) is 13.8. The molecular weight excluding hydrogens is 410 g/mol. The van der Waals surface area contributed by atoms with Gasteiger partial charge in [-0.2, -0.15) is 4.98 Å². The number of nitrogens with zero attached hydrogens (tertiary/aromatic N) is 2. The Morgan fingerprint density at radius 1 is 0.909 bits per heavy atom. The quantitative estimate of drug-likeness (QED) is 0.227. The van der Waals surface area contributed by atoms with Crippen LogP contribution in [0.15, 0.2) is 53.1 Å². The van der Waals surface area contributed by atoms with Gasteiger partial charge in [0.25, 0.3) is 5.89 Å². The smallest absolute Gasteiger partial charge is 0.257 e. The van der Waals surface area contributed by atoms with Crippen LogP contribution in [0.25, 0.3) is 11.5 Å². The minimum Gasteiger partial charge on any atom is -0.496 e. The van der Waals surface area contributed by atoms with Gasteiger partial charge in [0.1, 0.15) is 5.75 Å². The number of nitrogens with one attached hydrogen (secondary N) is 1. The summed E-state index contributed by atoms with van der Waals surface area (Å²) in [5.74, 6) is 2.13. The number of para-hydroxylation sites is 1. The molecule has 5 heteroatoms. The zero-order chi connectivity index (χ0) is 23.3. The highest BCUT2D eigenvalue weighted by atomic mass is 16.5. The van der Waals surface area contributed by atoms with Crippen LogP contribution in [0.1, 0.15) is 87.7 Å². The van der Waals surface area contributed by atoms with Crippen LogP contribution in [-0.4, -0.2) is 17.3 Å². The summed E-state index contributed by atoms with van der Waals surface area (Å²) in [6, 6.07) is 15.4. The lowest BCUT2D eigenvalue weighted by Gasteiger charge is -2.14. The Morgan fingerprint density at radius 3 is 2.39 bits per heavy atom. The van der Waals surface area contributed by atoms with E-state index in [1.807, 2.05) is 48.5 Å². The molecule has 0 spiro atoms. The van der Waals surface area contributed by atoms with Crippen LogP contribution < -0.4 is 10.5 Å². The molecule has 0 amide bonds. The minimum atomic E-state index is -0.398. The average molecular weight is 449 g/mol. The highest BCUT2D eigenvalue weighted by Crippen LogP contribution is 2.27.